The number of benzene rings is 1. The van der Waals surface area contributed by atoms with Gasteiger partial charge in [0, 0.05) is 23.7 Å². The number of carbonyl (C=O) groups is 1. The maximum atomic E-state index is 12.5. The molecule has 1 fully saturated rings. The lowest BCUT2D eigenvalue weighted by Gasteiger charge is -2.34. The topological polar surface area (TPSA) is 121 Å². The molecular formula is C18H22N4O6. The zero-order chi connectivity index (χ0) is 20.5. The zero-order valence-electron chi connectivity index (χ0n) is 16.2. The Balaban J connectivity index is 1.86. The first kappa shape index (κ1) is 19.7. The summed E-state index contributed by atoms with van der Waals surface area (Å²) >= 11 is 0. The van der Waals surface area contributed by atoms with Gasteiger partial charge in [0.25, 0.3) is 11.6 Å². The van der Waals surface area contributed by atoms with Gasteiger partial charge in [-0.1, -0.05) is 11.2 Å². The summed E-state index contributed by atoms with van der Waals surface area (Å²) < 4.78 is 16.2. The average Bonchev–Trinajstić information content (AvgIpc) is 3.10. The van der Waals surface area contributed by atoms with Crippen molar-refractivity contribution in [2.45, 2.75) is 39.3 Å². The van der Waals surface area contributed by atoms with E-state index in [0.29, 0.717) is 24.3 Å². The highest BCUT2D eigenvalue weighted by Crippen LogP contribution is 2.29. The molecule has 3 rings (SSSR count). The summed E-state index contributed by atoms with van der Waals surface area (Å²) in [5.74, 6) is 0.386. The van der Waals surface area contributed by atoms with Crippen molar-refractivity contribution in [3.8, 4) is 11.5 Å². The lowest BCUT2D eigenvalue weighted by molar-refractivity contribution is -0.385. The minimum absolute atomic E-state index is 0.0337. The molecular weight excluding hydrogens is 368 g/mol. The SMILES string of the molecule is Cc1ccc(-c2nc(C3COCCN3C(=O)OC(C)(C)C)no2)cc1[N+](=O)[O-]. The van der Waals surface area contributed by atoms with Crippen molar-refractivity contribution >= 4 is 11.8 Å². The second-order valence-electron chi connectivity index (χ2n) is 7.48. The molecule has 1 aromatic heterocycles. The largest absolute Gasteiger partial charge is 0.444 e. The molecule has 0 spiro atoms. The summed E-state index contributed by atoms with van der Waals surface area (Å²) in [6.45, 7) is 7.93. The fraction of sp³-hybridized carbons (Fsp3) is 0.500. The van der Waals surface area contributed by atoms with Gasteiger partial charge in [-0.2, -0.15) is 4.98 Å². The lowest BCUT2D eigenvalue weighted by Crippen LogP contribution is -2.46. The molecule has 1 aliphatic heterocycles. The van der Waals surface area contributed by atoms with Crippen molar-refractivity contribution < 1.29 is 23.7 Å². The lowest BCUT2D eigenvalue weighted by atomic mass is 10.1. The van der Waals surface area contributed by atoms with Gasteiger partial charge < -0.3 is 14.0 Å². The third-order valence-electron chi connectivity index (χ3n) is 4.15. The highest BCUT2D eigenvalue weighted by Gasteiger charge is 2.35. The summed E-state index contributed by atoms with van der Waals surface area (Å²) in [5, 5.41) is 15.1. The van der Waals surface area contributed by atoms with Gasteiger partial charge in [-0.3, -0.25) is 15.0 Å². The van der Waals surface area contributed by atoms with Crippen LogP contribution in [0.2, 0.25) is 0 Å². The van der Waals surface area contributed by atoms with Gasteiger partial charge in [0.2, 0.25) is 0 Å². The van der Waals surface area contributed by atoms with E-state index in [2.05, 4.69) is 10.1 Å². The molecule has 10 heteroatoms. The highest BCUT2D eigenvalue weighted by molar-refractivity contribution is 5.69. The van der Waals surface area contributed by atoms with Crippen molar-refractivity contribution in [1.82, 2.24) is 15.0 Å². The second-order valence-corrected chi connectivity index (χ2v) is 7.48. The molecule has 1 aliphatic rings. The minimum Gasteiger partial charge on any atom is -0.444 e. The normalized spacial score (nSPS) is 17.4. The molecule has 150 valence electrons. The monoisotopic (exact) mass is 390 g/mol. The van der Waals surface area contributed by atoms with Crippen LogP contribution in [0.5, 0.6) is 0 Å². The van der Waals surface area contributed by atoms with Crippen LogP contribution in [0.25, 0.3) is 11.5 Å². The van der Waals surface area contributed by atoms with Crippen LogP contribution in [-0.2, 0) is 9.47 Å². The molecule has 1 atom stereocenters. The number of amides is 1. The quantitative estimate of drug-likeness (QED) is 0.578. The predicted molar refractivity (Wildman–Crippen MR) is 97.6 cm³/mol. The molecule has 1 aromatic carbocycles. The highest BCUT2D eigenvalue weighted by atomic mass is 16.6. The van der Waals surface area contributed by atoms with E-state index < -0.39 is 22.7 Å². The van der Waals surface area contributed by atoms with Gasteiger partial charge in [-0.25, -0.2) is 4.79 Å². The van der Waals surface area contributed by atoms with Crippen molar-refractivity contribution in [2.75, 3.05) is 19.8 Å². The minimum atomic E-state index is -0.636. The third kappa shape index (κ3) is 4.28. The number of nitro groups is 1. The molecule has 10 nitrogen and oxygen atoms in total. The summed E-state index contributed by atoms with van der Waals surface area (Å²) in [7, 11) is 0. The van der Waals surface area contributed by atoms with Crippen LogP contribution >= 0.6 is 0 Å². The van der Waals surface area contributed by atoms with Gasteiger partial charge in [0.05, 0.1) is 18.1 Å². The van der Waals surface area contributed by atoms with Crippen LogP contribution in [0.3, 0.4) is 0 Å². The van der Waals surface area contributed by atoms with Crippen molar-refractivity contribution in [3.05, 3.63) is 39.7 Å². The Labute approximate surface area is 161 Å². The van der Waals surface area contributed by atoms with Crippen molar-refractivity contribution in [1.29, 1.82) is 0 Å². The molecule has 0 radical (unpaired) electrons. The summed E-state index contributed by atoms with van der Waals surface area (Å²) in [6.07, 6.45) is -0.488. The fourth-order valence-corrected chi connectivity index (χ4v) is 2.78. The fourth-order valence-electron chi connectivity index (χ4n) is 2.78. The molecule has 1 amide bonds. The van der Waals surface area contributed by atoms with Crippen molar-refractivity contribution in [2.24, 2.45) is 0 Å². The van der Waals surface area contributed by atoms with Crippen LogP contribution in [0.4, 0.5) is 10.5 Å². The number of rotatable bonds is 3. The molecule has 0 aliphatic carbocycles. The van der Waals surface area contributed by atoms with Gasteiger partial charge >= 0.3 is 6.09 Å². The van der Waals surface area contributed by atoms with Crippen LogP contribution < -0.4 is 0 Å². The number of aryl methyl sites for hydroxylation is 1. The first-order valence-corrected chi connectivity index (χ1v) is 8.82. The van der Waals surface area contributed by atoms with Gasteiger partial charge in [0.1, 0.15) is 11.6 Å². The Bertz CT molecular complexity index is 888. The average molecular weight is 390 g/mol. The van der Waals surface area contributed by atoms with E-state index in [1.54, 1.807) is 39.8 Å². The number of ether oxygens (including phenoxy) is 2. The summed E-state index contributed by atoms with van der Waals surface area (Å²) in [5.41, 5.74) is 0.291. The van der Waals surface area contributed by atoms with Crippen LogP contribution in [0, 0.1) is 17.0 Å². The maximum absolute atomic E-state index is 12.5. The Morgan fingerprint density at radius 1 is 1.39 bits per heavy atom. The Kier molecular flexibility index (Phi) is 5.32. The van der Waals surface area contributed by atoms with Crippen molar-refractivity contribution in [3.63, 3.8) is 0 Å². The Hall–Kier alpha value is -3.01. The van der Waals surface area contributed by atoms with Gasteiger partial charge in [-0.05, 0) is 33.8 Å². The molecule has 1 saturated heterocycles. The van der Waals surface area contributed by atoms with E-state index in [1.807, 2.05) is 0 Å². The van der Waals surface area contributed by atoms with E-state index in [-0.39, 0.29) is 24.0 Å². The van der Waals surface area contributed by atoms with E-state index in [4.69, 9.17) is 14.0 Å². The first-order chi connectivity index (χ1) is 13.2. The number of hydrogen-bond donors (Lipinski definition) is 0. The molecule has 1 unspecified atom stereocenters. The molecule has 28 heavy (non-hydrogen) atoms. The van der Waals surface area contributed by atoms with Crippen LogP contribution in [-0.4, -0.2) is 51.4 Å². The number of nitro benzene ring substituents is 1. The summed E-state index contributed by atoms with van der Waals surface area (Å²) in [6, 6.07) is 4.10. The Morgan fingerprint density at radius 2 is 2.14 bits per heavy atom. The van der Waals surface area contributed by atoms with Gasteiger partial charge in [0.15, 0.2) is 5.82 Å². The zero-order valence-corrected chi connectivity index (χ0v) is 16.2. The number of hydrogen-bond acceptors (Lipinski definition) is 8. The number of carbonyl (C=O) groups excluding carboxylic acids is 1. The van der Waals surface area contributed by atoms with Crippen LogP contribution in [0.15, 0.2) is 22.7 Å². The summed E-state index contributed by atoms with van der Waals surface area (Å²) in [4.78, 5) is 29.0. The molecule has 2 aromatic rings. The number of aromatic nitrogens is 2. The van der Waals surface area contributed by atoms with Gasteiger partial charge in [-0.15, -0.1) is 0 Å². The van der Waals surface area contributed by atoms with E-state index in [9.17, 15) is 14.9 Å². The molecule has 2 heterocycles. The maximum Gasteiger partial charge on any atom is 0.411 e. The number of nitrogens with zero attached hydrogens (tertiary/aromatic N) is 4. The van der Waals surface area contributed by atoms with Crippen LogP contribution in [0.1, 0.15) is 38.2 Å². The predicted octanol–water partition coefficient (Wildman–Crippen LogP) is 3.26. The van der Waals surface area contributed by atoms with E-state index in [1.165, 1.54) is 11.0 Å². The second kappa shape index (κ2) is 7.55. The van der Waals surface area contributed by atoms with E-state index >= 15 is 0 Å². The smallest absolute Gasteiger partial charge is 0.411 e. The molecule has 0 N–H and O–H groups in total. The standard InChI is InChI=1S/C18H22N4O6/c1-11-5-6-12(9-13(11)22(24)25)16-19-15(20-28-16)14-10-26-8-7-21(14)17(23)27-18(2,3)4/h5-6,9,14H,7-8,10H2,1-4H3. The Morgan fingerprint density at radius 3 is 2.82 bits per heavy atom. The first-order valence-electron chi connectivity index (χ1n) is 8.82. The third-order valence-corrected chi connectivity index (χ3v) is 4.15. The molecule has 0 saturated carbocycles. The molecule has 0 bridgehead atoms. The van der Waals surface area contributed by atoms with E-state index in [0.717, 1.165) is 0 Å². The number of morpholine rings is 1.